The van der Waals surface area contributed by atoms with Gasteiger partial charge in [-0.2, -0.15) is 0 Å². The van der Waals surface area contributed by atoms with E-state index < -0.39 is 24.2 Å². The van der Waals surface area contributed by atoms with Crippen molar-refractivity contribution >= 4 is 34.4 Å². The fraction of sp³-hybridized carbons (Fsp3) is 0.467. The van der Waals surface area contributed by atoms with Crippen molar-refractivity contribution < 1.29 is 34.4 Å². The van der Waals surface area contributed by atoms with E-state index in [1.54, 1.807) is 23.1 Å². The van der Waals surface area contributed by atoms with Crippen LogP contribution in [0.25, 0.3) is 0 Å². The standard InChI is InChI=1S/C30H39IN2O7/c1-18(2)11-27(36)33(16-20-7-5-19(3)6-8-20)24-14-22(30(38)32-9-10-34)15-25(28(24)37)40-29-23(31)12-21(17-35)13-26(29)39-4/h5-8,12-13,15,18,24-25,28,34-35,37H,9-11,14,16-17H2,1-4H3,(H,32,38)/t24-,25+,28+/m1/s1. The zero-order valence-electron chi connectivity index (χ0n) is 23.4. The maximum Gasteiger partial charge on any atom is 0.247 e. The highest BCUT2D eigenvalue weighted by Gasteiger charge is 2.41. The molecule has 0 saturated heterocycles. The first-order valence-corrected chi connectivity index (χ1v) is 14.4. The highest BCUT2D eigenvalue weighted by atomic mass is 127. The topological polar surface area (TPSA) is 129 Å². The predicted molar refractivity (Wildman–Crippen MR) is 160 cm³/mol. The van der Waals surface area contributed by atoms with Gasteiger partial charge < -0.3 is 35.0 Å². The van der Waals surface area contributed by atoms with E-state index in [9.17, 15) is 24.9 Å². The largest absolute Gasteiger partial charge is 0.493 e. The van der Waals surface area contributed by atoms with Gasteiger partial charge in [-0.25, -0.2) is 0 Å². The Hall–Kier alpha value is -2.67. The molecular weight excluding hydrogens is 627 g/mol. The summed E-state index contributed by atoms with van der Waals surface area (Å²) in [6, 6.07) is 10.5. The van der Waals surface area contributed by atoms with E-state index in [4.69, 9.17) is 9.47 Å². The molecule has 3 atom stereocenters. The summed E-state index contributed by atoms with van der Waals surface area (Å²) in [4.78, 5) is 28.3. The third-order valence-corrected chi connectivity index (χ3v) is 7.52. The van der Waals surface area contributed by atoms with Gasteiger partial charge in [0.1, 0.15) is 12.2 Å². The molecule has 0 heterocycles. The predicted octanol–water partition coefficient (Wildman–Crippen LogP) is 3.09. The van der Waals surface area contributed by atoms with Crippen LogP contribution in [0.3, 0.4) is 0 Å². The fourth-order valence-electron chi connectivity index (χ4n) is 4.64. The molecule has 0 radical (unpaired) electrons. The Bertz CT molecular complexity index is 1200. The third kappa shape index (κ3) is 8.18. The van der Waals surface area contributed by atoms with Gasteiger partial charge in [0.15, 0.2) is 11.5 Å². The number of benzene rings is 2. The van der Waals surface area contributed by atoms with E-state index in [1.807, 2.05) is 45.0 Å². The van der Waals surface area contributed by atoms with E-state index in [1.165, 1.54) is 7.11 Å². The molecule has 0 spiro atoms. The zero-order chi connectivity index (χ0) is 29.4. The lowest BCUT2D eigenvalue weighted by atomic mass is 9.87. The monoisotopic (exact) mass is 666 g/mol. The highest BCUT2D eigenvalue weighted by molar-refractivity contribution is 14.1. The maximum absolute atomic E-state index is 13.6. The second-order valence-electron chi connectivity index (χ2n) is 10.4. The number of aliphatic hydroxyl groups excluding tert-OH is 3. The molecule has 3 rings (SSSR count). The Morgan fingerprint density at radius 3 is 2.45 bits per heavy atom. The molecule has 40 heavy (non-hydrogen) atoms. The number of rotatable bonds is 12. The fourth-order valence-corrected chi connectivity index (χ4v) is 5.43. The van der Waals surface area contributed by atoms with Gasteiger partial charge in [-0.3, -0.25) is 9.59 Å². The summed E-state index contributed by atoms with van der Waals surface area (Å²) in [5.41, 5.74) is 2.99. The van der Waals surface area contributed by atoms with Crippen molar-refractivity contribution in [3.63, 3.8) is 0 Å². The van der Waals surface area contributed by atoms with Crippen molar-refractivity contribution in [2.45, 2.75) is 65.0 Å². The molecule has 0 fully saturated rings. The lowest BCUT2D eigenvalue weighted by Crippen LogP contribution is -2.55. The van der Waals surface area contributed by atoms with Crippen LogP contribution in [0.15, 0.2) is 48.0 Å². The van der Waals surface area contributed by atoms with Gasteiger partial charge in [0.25, 0.3) is 0 Å². The lowest BCUT2D eigenvalue weighted by Gasteiger charge is -2.41. The first kappa shape index (κ1) is 31.9. The smallest absolute Gasteiger partial charge is 0.247 e. The van der Waals surface area contributed by atoms with E-state index in [0.717, 1.165) is 11.1 Å². The van der Waals surface area contributed by atoms with Gasteiger partial charge in [-0.15, -0.1) is 0 Å². The Balaban J connectivity index is 2.04. The molecule has 218 valence electrons. The van der Waals surface area contributed by atoms with E-state index in [-0.39, 0.29) is 51.0 Å². The molecule has 10 heteroatoms. The third-order valence-electron chi connectivity index (χ3n) is 6.72. The molecule has 1 aliphatic rings. The maximum atomic E-state index is 13.6. The van der Waals surface area contributed by atoms with Crippen LogP contribution in [0.4, 0.5) is 0 Å². The van der Waals surface area contributed by atoms with Crippen molar-refractivity contribution in [2.75, 3.05) is 20.3 Å². The molecule has 4 N–H and O–H groups in total. The minimum absolute atomic E-state index is 0.0720. The summed E-state index contributed by atoms with van der Waals surface area (Å²) in [6.07, 6.45) is -0.172. The van der Waals surface area contributed by atoms with Crippen molar-refractivity contribution in [1.29, 1.82) is 0 Å². The molecule has 0 bridgehead atoms. The van der Waals surface area contributed by atoms with Crippen LogP contribution >= 0.6 is 22.6 Å². The number of aryl methyl sites for hydroxylation is 1. The van der Waals surface area contributed by atoms with Gasteiger partial charge in [0.05, 0.1) is 29.9 Å². The summed E-state index contributed by atoms with van der Waals surface area (Å²) in [5, 5.41) is 33.2. The number of halogens is 1. The minimum atomic E-state index is -1.16. The van der Waals surface area contributed by atoms with Gasteiger partial charge in [-0.1, -0.05) is 43.7 Å². The second kappa shape index (κ2) is 14.8. The Morgan fingerprint density at radius 1 is 1.15 bits per heavy atom. The number of aliphatic hydroxyl groups is 3. The summed E-state index contributed by atoms with van der Waals surface area (Å²) in [7, 11) is 1.48. The number of carbonyl (C=O) groups is 2. The number of nitrogens with one attached hydrogen (secondary N) is 1. The summed E-state index contributed by atoms with van der Waals surface area (Å²) in [5.74, 6) is 0.296. The Labute approximate surface area is 249 Å². The molecule has 0 saturated carbocycles. The Morgan fingerprint density at radius 2 is 1.85 bits per heavy atom. The van der Waals surface area contributed by atoms with Gasteiger partial charge in [-0.05, 0) is 64.8 Å². The van der Waals surface area contributed by atoms with Crippen molar-refractivity contribution in [3.05, 3.63) is 68.3 Å². The van der Waals surface area contributed by atoms with Crippen LogP contribution in [0, 0.1) is 16.4 Å². The average Bonchev–Trinajstić information content (AvgIpc) is 2.92. The van der Waals surface area contributed by atoms with Crippen LogP contribution < -0.4 is 14.8 Å². The lowest BCUT2D eigenvalue weighted by molar-refractivity contribution is -0.140. The molecule has 2 aromatic carbocycles. The van der Waals surface area contributed by atoms with Crippen LogP contribution in [0.5, 0.6) is 11.5 Å². The molecule has 9 nitrogen and oxygen atoms in total. The normalized spacial score (nSPS) is 18.7. The number of amides is 2. The van der Waals surface area contributed by atoms with Crippen LogP contribution in [0.2, 0.25) is 0 Å². The number of ether oxygens (including phenoxy) is 2. The summed E-state index contributed by atoms with van der Waals surface area (Å²) in [6.45, 7) is 5.85. The van der Waals surface area contributed by atoms with Gasteiger partial charge >= 0.3 is 0 Å². The molecule has 0 aliphatic heterocycles. The van der Waals surface area contributed by atoms with E-state index in [0.29, 0.717) is 26.2 Å². The molecule has 1 aliphatic carbocycles. The number of nitrogens with zero attached hydrogens (tertiary/aromatic N) is 1. The van der Waals surface area contributed by atoms with Gasteiger partial charge in [0.2, 0.25) is 11.8 Å². The van der Waals surface area contributed by atoms with Crippen LogP contribution in [0.1, 0.15) is 43.4 Å². The van der Waals surface area contributed by atoms with E-state index in [2.05, 4.69) is 27.9 Å². The van der Waals surface area contributed by atoms with Crippen molar-refractivity contribution in [3.8, 4) is 11.5 Å². The molecule has 2 aromatic rings. The minimum Gasteiger partial charge on any atom is -0.493 e. The van der Waals surface area contributed by atoms with Crippen molar-refractivity contribution in [1.82, 2.24) is 10.2 Å². The van der Waals surface area contributed by atoms with Crippen LogP contribution in [-0.2, 0) is 22.7 Å². The number of hydrogen-bond acceptors (Lipinski definition) is 7. The highest BCUT2D eigenvalue weighted by Crippen LogP contribution is 2.37. The number of hydrogen-bond donors (Lipinski definition) is 4. The second-order valence-corrected chi connectivity index (χ2v) is 11.6. The SMILES string of the molecule is COc1cc(CO)cc(I)c1O[C@H]1C=C(C(=O)NCCO)C[C@@H](N(Cc2ccc(C)cc2)C(=O)CC(C)C)[C@@H]1O. The molecule has 0 unspecified atom stereocenters. The zero-order valence-corrected chi connectivity index (χ0v) is 25.6. The van der Waals surface area contributed by atoms with Gasteiger partial charge in [0, 0.05) is 31.5 Å². The number of carbonyl (C=O) groups excluding carboxylic acids is 2. The molecule has 0 aromatic heterocycles. The van der Waals surface area contributed by atoms with Crippen molar-refractivity contribution in [2.24, 2.45) is 5.92 Å². The molecular formula is C30H39IN2O7. The first-order chi connectivity index (χ1) is 19.1. The first-order valence-electron chi connectivity index (χ1n) is 13.3. The number of methoxy groups -OCH3 is 1. The average molecular weight is 667 g/mol. The Kier molecular flexibility index (Phi) is 11.8. The summed E-state index contributed by atoms with van der Waals surface area (Å²) < 4.78 is 12.5. The summed E-state index contributed by atoms with van der Waals surface area (Å²) >= 11 is 2.07. The van der Waals surface area contributed by atoms with E-state index >= 15 is 0 Å². The quantitative estimate of drug-likeness (QED) is 0.257. The van der Waals surface area contributed by atoms with Crippen LogP contribution in [-0.4, -0.2) is 70.5 Å². The molecule has 2 amide bonds.